The molecule has 2 saturated heterocycles. The van der Waals surface area contributed by atoms with Crippen molar-refractivity contribution < 1.29 is 18.7 Å². The molecular weight excluding hydrogens is 306 g/mol. The molecule has 0 aromatic heterocycles. The Hall–Kier alpha value is -1.28. The topological polar surface area (TPSA) is 79.0 Å². The fraction of sp³-hybridized carbons (Fsp3) is 0.786. The van der Waals surface area contributed by atoms with Crippen LogP contribution in [0, 0.1) is 5.41 Å². The second-order valence-corrected chi connectivity index (χ2v) is 7.37. The Kier molecular flexibility index (Phi) is 5.01. The third kappa shape index (κ3) is 3.73. The smallest absolute Gasteiger partial charge is 0.346 e. The van der Waals surface area contributed by atoms with Gasteiger partial charge in [-0.1, -0.05) is 20.8 Å². The van der Waals surface area contributed by atoms with Gasteiger partial charge in [-0.05, 0) is 5.41 Å². The number of carbonyl (C=O) groups excluding carboxylic acids is 3. The van der Waals surface area contributed by atoms with Crippen molar-refractivity contribution in [3.05, 3.63) is 0 Å². The maximum Gasteiger partial charge on any atom is 0.346 e. The zero-order chi connectivity index (χ0) is 16.5. The molecule has 2 fully saturated rings. The number of Topliss-reactive ketones (excluding diaryl/α,β-unsaturated/α-hetero) is 1. The molecule has 2 bridgehead atoms. The summed E-state index contributed by atoms with van der Waals surface area (Å²) >= 11 is 1.04. The Morgan fingerprint density at radius 3 is 2.68 bits per heavy atom. The van der Waals surface area contributed by atoms with E-state index >= 15 is 0 Å². The zero-order valence-corrected chi connectivity index (χ0v) is 14.2. The highest BCUT2D eigenvalue weighted by Gasteiger charge is 2.50. The second kappa shape index (κ2) is 6.45. The normalized spacial score (nSPS) is 24.9. The largest absolute Gasteiger partial charge is 0.354 e. The van der Waals surface area contributed by atoms with E-state index in [4.69, 9.17) is 4.28 Å². The Morgan fingerprint density at radius 2 is 2.09 bits per heavy atom. The minimum atomic E-state index is -0.526. The minimum absolute atomic E-state index is 0.0220. The lowest BCUT2D eigenvalue weighted by molar-refractivity contribution is -0.131. The average molecular weight is 329 g/mol. The summed E-state index contributed by atoms with van der Waals surface area (Å²) in [6.07, 6.45) is 2.35. The number of carbonyl (C=O) groups is 3. The lowest BCUT2D eigenvalue weighted by Gasteiger charge is -2.30. The summed E-state index contributed by atoms with van der Waals surface area (Å²) in [4.78, 5) is 37.9. The summed E-state index contributed by atoms with van der Waals surface area (Å²) in [5.74, 6) is -0.0860. The molecule has 124 valence electrons. The van der Waals surface area contributed by atoms with Crippen molar-refractivity contribution in [1.29, 1.82) is 0 Å². The van der Waals surface area contributed by atoms with E-state index in [9.17, 15) is 14.4 Å². The summed E-state index contributed by atoms with van der Waals surface area (Å²) < 4.78 is 5.19. The highest BCUT2D eigenvalue weighted by molar-refractivity contribution is 7.93. The molecule has 1 N–H and O–H groups in total. The van der Waals surface area contributed by atoms with E-state index in [-0.39, 0.29) is 35.6 Å². The quantitative estimate of drug-likeness (QED) is 0.767. The van der Waals surface area contributed by atoms with E-state index in [1.807, 2.05) is 20.8 Å². The molecule has 2 rings (SSSR count). The van der Waals surface area contributed by atoms with Gasteiger partial charge in [-0.15, -0.1) is 0 Å². The average Bonchev–Trinajstić information content (AvgIpc) is 2.67. The van der Waals surface area contributed by atoms with Crippen molar-refractivity contribution in [2.75, 3.05) is 19.3 Å². The number of piperidine rings is 1. The van der Waals surface area contributed by atoms with Crippen molar-refractivity contribution >= 4 is 29.8 Å². The molecule has 0 spiro atoms. The Bertz CT molecular complexity index is 477. The van der Waals surface area contributed by atoms with Crippen LogP contribution in [-0.4, -0.2) is 59.1 Å². The molecule has 2 aliphatic heterocycles. The van der Waals surface area contributed by atoms with Crippen molar-refractivity contribution in [2.24, 2.45) is 5.41 Å². The summed E-state index contributed by atoms with van der Waals surface area (Å²) in [5.41, 5.74) is -0.0932. The van der Waals surface area contributed by atoms with Gasteiger partial charge in [0.15, 0.2) is 5.78 Å². The number of nitrogens with zero attached hydrogens (tertiary/aromatic N) is 2. The van der Waals surface area contributed by atoms with Crippen molar-refractivity contribution in [3.63, 3.8) is 0 Å². The van der Waals surface area contributed by atoms with E-state index in [2.05, 4.69) is 5.32 Å². The Balaban J connectivity index is 1.95. The van der Waals surface area contributed by atoms with Gasteiger partial charge in [0.05, 0.1) is 12.6 Å². The molecule has 0 radical (unpaired) electrons. The minimum Gasteiger partial charge on any atom is -0.354 e. The molecule has 2 heterocycles. The van der Waals surface area contributed by atoms with Crippen LogP contribution in [0.1, 0.15) is 33.6 Å². The number of amides is 3. The van der Waals surface area contributed by atoms with Gasteiger partial charge in [0.25, 0.3) is 0 Å². The predicted molar refractivity (Wildman–Crippen MR) is 82.8 cm³/mol. The molecule has 7 nitrogen and oxygen atoms in total. The van der Waals surface area contributed by atoms with E-state index < -0.39 is 6.04 Å². The number of hydroxylamine groups is 2. The lowest BCUT2D eigenvalue weighted by atomic mass is 9.92. The first-order valence-electron chi connectivity index (χ1n) is 7.33. The van der Waals surface area contributed by atoms with Gasteiger partial charge in [0.1, 0.15) is 6.04 Å². The van der Waals surface area contributed by atoms with Crippen molar-refractivity contribution in [3.8, 4) is 0 Å². The van der Waals surface area contributed by atoms with Crippen LogP contribution in [0.25, 0.3) is 0 Å². The Labute approximate surface area is 134 Å². The SMILES string of the molecule is CSON1C(=O)N2CC1C(=O)C[C@H]2CNC(=O)CC(C)(C)C. The standard InChI is InChI=1S/C14H23N3O4S/c1-14(2,3)6-12(19)15-7-9-5-11(18)10-8-16(9)13(20)17(10)21-22-4/h9-10H,5-8H2,1-4H3,(H,15,19)/t9-,10?/m0/s1. The van der Waals surface area contributed by atoms with Gasteiger partial charge in [0.2, 0.25) is 5.91 Å². The van der Waals surface area contributed by atoms with Crippen LogP contribution in [0.2, 0.25) is 0 Å². The highest BCUT2D eigenvalue weighted by Crippen LogP contribution is 2.29. The number of fused-ring (bicyclic) bond motifs is 2. The zero-order valence-electron chi connectivity index (χ0n) is 13.4. The molecule has 3 amide bonds. The van der Waals surface area contributed by atoms with Crippen LogP contribution < -0.4 is 5.32 Å². The molecular formula is C14H23N3O4S. The third-order valence-corrected chi connectivity index (χ3v) is 4.03. The fourth-order valence-corrected chi connectivity index (χ4v) is 3.07. The highest BCUT2D eigenvalue weighted by atomic mass is 32.2. The van der Waals surface area contributed by atoms with Gasteiger partial charge in [-0.2, -0.15) is 9.35 Å². The molecule has 2 aliphatic rings. The molecule has 2 atom stereocenters. The summed E-state index contributed by atoms with van der Waals surface area (Å²) in [5, 5.41) is 3.97. The number of hydrogen-bond donors (Lipinski definition) is 1. The molecule has 0 aliphatic carbocycles. The van der Waals surface area contributed by atoms with Crippen molar-refractivity contribution in [1.82, 2.24) is 15.3 Å². The summed E-state index contributed by atoms with van der Waals surface area (Å²) in [6.45, 7) is 6.60. The number of ketones is 1. The van der Waals surface area contributed by atoms with Gasteiger partial charge in [-0.3, -0.25) is 9.59 Å². The van der Waals surface area contributed by atoms with Gasteiger partial charge in [-0.25, -0.2) is 4.79 Å². The summed E-state index contributed by atoms with van der Waals surface area (Å²) in [7, 11) is 0. The maximum atomic E-state index is 12.3. The second-order valence-electron chi connectivity index (χ2n) is 6.88. The first-order valence-corrected chi connectivity index (χ1v) is 8.48. The molecule has 8 heteroatoms. The lowest BCUT2D eigenvalue weighted by Crippen LogP contribution is -2.50. The van der Waals surface area contributed by atoms with Crippen LogP contribution in [-0.2, 0) is 13.9 Å². The third-order valence-electron chi connectivity index (χ3n) is 3.72. The van der Waals surface area contributed by atoms with E-state index in [1.54, 1.807) is 11.2 Å². The van der Waals surface area contributed by atoms with E-state index in [0.717, 1.165) is 17.1 Å². The molecule has 0 aromatic rings. The van der Waals surface area contributed by atoms with Crippen LogP contribution in [0.15, 0.2) is 0 Å². The number of rotatable bonds is 5. The van der Waals surface area contributed by atoms with Crippen molar-refractivity contribution in [2.45, 2.75) is 45.7 Å². The van der Waals surface area contributed by atoms with Crippen LogP contribution in [0.3, 0.4) is 0 Å². The van der Waals surface area contributed by atoms with Crippen LogP contribution in [0.4, 0.5) is 4.79 Å². The van der Waals surface area contributed by atoms with E-state index in [0.29, 0.717) is 19.5 Å². The predicted octanol–water partition coefficient (Wildman–Crippen LogP) is 1.20. The molecule has 22 heavy (non-hydrogen) atoms. The first-order chi connectivity index (χ1) is 10.2. The Morgan fingerprint density at radius 1 is 1.41 bits per heavy atom. The number of nitrogens with one attached hydrogen (secondary N) is 1. The molecule has 0 aromatic carbocycles. The van der Waals surface area contributed by atoms with Crippen LogP contribution in [0.5, 0.6) is 0 Å². The fourth-order valence-electron chi connectivity index (χ4n) is 2.74. The number of hydrogen-bond acceptors (Lipinski definition) is 5. The molecule has 1 unspecified atom stereocenters. The van der Waals surface area contributed by atoms with Gasteiger partial charge >= 0.3 is 6.03 Å². The first kappa shape index (κ1) is 17.1. The molecule has 0 saturated carbocycles. The summed E-state index contributed by atoms with van der Waals surface area (Å²) in [6, 6.07) is -1.13. The number of urea groups is 1. The van der Waals surface area contributed by atoms with E-state index in [1.165, 1.54) is 0 Å². The monoisotopic (exact) mass is 329 g/mol. The maximum absolute atomic E-state index is 12.3. The van der Waals surface area contributed by atoms with Gasteiger partial charge in [0, 0.05) is 37.7 Å². The van der Waals surface area contributed by atoms with Gasteiger partial charge < -0.3 is 10.2 Å². The van der Waals surface area contributed by atoms with Crippen LogP contribution >= 0.6 is 12.0 Å².